The standard InChI is InChI=1S/C14H26N2O3/c1-4-9(5-2)13(16-8(3)17)11-6-10(14(18)19)7-12(11)15/h9-13H,4-7,15H2,1-3H3,(H,16,17)(H,18,19)/t10-,11-,12-,13?/m0/s1. The van der Waals surface area contributed by atoms with Gasteiger partial charge in [0, 0.05) is 19.0 Å². The molecule has 19 heavy (non-hydrogen) atoms. The zero-order chi connectivity index (χ0) is 14.6. The molecule has 0 spiro atoms. The fraction of sp³-hybridized carbons (Fsp3) is 0.857. The minimum Gasteiger partial charge on any atom is -0.481 e. The van der Waals surface area contributed by atoms with E-state index in [1.165, 1.54) is 6.92 Å². The first-order chi connectivity index (χ1) is 8.90. The number of carboxylic acid groups (broad SMARTS) is 1. The molecule has 1 rings (SSSR count). The van der Waals surface area contributed by atoms with Gasteiger partial charge in [0.1, 0.15) is 0 Å². The molecule has 1 amide bonds. The van der Waals surface area contributed by atoms with Crippen LogP contribution in [0.25, 0.3) is 0 Å². The fourth-order valence-corrected chi connectivity index (χ4v) is 3.32. The average molecular weight is 270 g/mol. The fourth-order valence-electron chi connectivity index (χ4n) is 3.32. The Hall–Kier alpha value is -1.10. The molecule has 0 saturated heterocycles. The smallest absolute Gasteiger partial charge is 0.306 e. The first-order valence-electron chi connectivity index (χ1n) is 7.16. The summed E-state index contributed by atoms with van der Waals surface area (Å²) in [5.41, 5.74) is 6.12. The Kier molecular flexibility index (Phi) is 5.79. The Morgan fingerprint density at radius 2 is 1.89 bits per heavy atom. The maximum Gasteiger partial charge on any atom is 0.306 e. The van der Waals surface area contributed by atoms with Crippen molar-refractivity contribution in [3.8, 4) is 0 Å². The molecule has 4 atom stereocenters. The minimum atomic E-state index is -0.774. The molecule has 0 aromatic heterocycles. The molecule has 0 aliphatic heterocycles. The number of carboxylic acids is 1. The van der Waals surface area contributed by atoms with E-state index in [4.69, 9.17) is 10.8 Å². The summed E-state index contributed by atoms with van der Waals surface area (Å²) >= 11 is 0. The molecule has 0 aromatic rings. The van der Waals surface area contributed by atoms with Crippen LogP contribution in [0.2, 0.25) is 0 Å². The summed E-state index contributed by atoms with van der Waals surface area (Å²) in [5, 5.41) is 12.1. The maximum absolute atomic E-state index is 11.4. The van der Waals surface area contributed by atoms with Crippen molar-refractivity contribution in [1.29, 1.82) is 0 Å². The Morgan fingerprint density at radius 3 is 2.26 bits per heavy atom. The molecule has 1 saturated carbocycles. The van der Waals surface area contributed by atoms with Crippen LogP contribution >= 0.6 is 0 Å². The normalized spacial score (nSPS) is 28.4. The van der Waals surface area contributed by atoms with Crippen LogP contribution in [-0.4, -0.2) is 29.1 Å². The van der Waals surface area contributed by atoms with Crippen molar-refractivity contribution in [2.24, 2.45) is 23.5 Å². The van der Waals surface area contributed by atoms with E-state index in [0.717, 1.165) is 12.8 Å². The van der Waals surface area contributed by atoms with Crippen LogP contribution in [0.3, 0.4) is 0 Å². The lowest BCUT2D eigenvalue weighted by molar-refractivity contribution is -0.141. The number of nitrogens with one attached hydrogen (secondary N) is 1. The maximum atomic E-state index is 11.4. The summed E-state index contributed by atoms with van der Waals surface area (Å²) in [6.45, 7) is 5.70. The van der Waals surface area contributed by atoms with E-state index in [1.54, 1.807) is 0 Å². The van der Waals surface area contributed by atoms with Crippen LogP contribution < -0.4 is 11.1 Å². The third-order valence-corrected chi connectivity index (χ3v) is 4.40. The van der Waals surface area contributed by atoms with Crippen LogP contribution in [0, 0.1) is 17.8 Å². The molecule has 0 radical (unpaired) electrons. The SMILES string of the molecule is CCC(CC)C(NC(C)=O)[C@H]1C[C@H](C(=O)O)C[C@@H]1N. The van der Waals surface area contributed by atoms with Crippen molar-refractivity contribution >= 4 is 11.9 Å². The summed E-state index contributed by atoms with van der Waals surface area (Å²) in [4.78, 5) is 22.5. The predicted octanol–water partition coefficient (Wildman–Crippen LogP) is 1.37. The molecule has 1 fully saturated rings. The van der Waals surface area contributed by atoms with Crippen molar-refractivity contribution in [2.45, 2.75) is 58.5 Å². The van der Waals surface area contributed by atoms with Gasteiger partial charge in [-0.05, 0) is 24.7 Å². The van der Waals surface area contributed by atoms with Crippen molar-refractivity contribution in [3.05, 3.63) is 0 Å². The number of nitrogens with two attached hydrogens (primary N) is 1. The Labute approximate surface area is 114 Å². The number of carbonyl (C=O) groups is 2. The van der Waals surface area contributed by atoms with E-state index in [1.807, 2.05) is 0 Å². The summed E-state index contributed by atoms with van der Waals surface area (Å²) in [7, 11) is 0. The number of hydrogen-bond acceptors (Lipinski definition) is 3. The van der Waals surface area contributed by atoms with Crippen LogP contribution in [-0.2, 0) is 9.59 Å². The van der Waals surface area contributed by atoms with Gasteiger partial charge in [-0.1, -0.05) is 26.7 Å². The third kappa shape index (κ3) is 3.93. The van der Waals surface area contributed by atoms with E-state index in [-0.39, 0.29) is 29.8 Å². The summed E-state index contributed by atoms with van der Waals surface area (Å²) in [5.74, 6) is -0.792. The second-order valence-electron chi connectivity index (χ2n) is 5.64. The van der Waals surface area contributed by atoms with E-state index in [9.17, 15) is 9.59 Å². The number of rotatable bonds is 6. The second kappa shape index (κ2) is 6.89. The van der Waals surface area contributed by atoms with E-state index < -0.39 is 5.97 Å². The average Bonchev–Trinajstić information content (AvgIpc) is 2.71. The first kappa shape index (κ1) is 16.0. The van der Waals surface area contributed by atoms with Crippen LogP contribution in [0.15, 0.2) is 0 Å². The van der Waals surface area contributed by atoms with Crippen LogP contribution in [0.4, 0.5) is 0 Å². The molecule has 5 heteroatoms. The van der Waals surface area contributed by atoms with Gasteiger partial charge in [0.05, 0.1) is 5.92 Å². The van der Waals surface area contributed by atoms with Gasteiger partial charge < -0.3 is 16.2 Å². The molecule has 5 nitrogen and oxygen atoms in total. The zero-order valence-corrected chi connectivity index (χ0v) is 12.1. The highest BCUT2D eigenvalue weighted by Gasteiger charge is 2.42. The lowest BCUT2D eigenvalue weighted by atomic mass is 9.82. The van der Waals surface area contributed by atoms with E-state index in [2.05, 4.69) is 19.2 Å². The molecule has 4 N–H and O–H groups in total. The molecule has 1 aliphatic rings. The number of amides is 1. The van der Waals surface area contributed by atoms with Crippen LogP contribution in [0.5, 0.6) is 0 Å². The zero-order valence-electron chi connectivity index (χ0n) is 12.1. The first-order valence-corrected chi connectivity index (χ1v) is 7.16. The van der Waals surface area contributed by atoms with Crippen molar-refractivity contribution in [3.63, 3.8) is 0 Å². The molecular weight excluding hydrogens is 244 g/mol. The molecular formula is C14H26N2O3. The van der Waals surface area contributed by atoms with Gasteiger partial charge in [-0.15, -0.1) is 0 Å². The second-order valence-corrected chi connectivity index (χ2v) is 5.64. The summed E-state index contributed by atoms with van der Waals surface area (Å²) in [6, 6.07) is -0.148. The van der Waals surface area contributed by atoms with Crippen molar-refractivity contribution in [1.82, 2.24) is 5.32 Å². The number of carbonyl (C=O) groups excluding carboxylic acids is 1. The van der Waals surface area contributed by atoms with Gasteiger partial charge in [-0.2, -0.15) is 0 Å². The van der Waals surface area contributed by atoms with Crippen molar-refractivity contribution < 1.29 is 14.7 Å². The van der Waals surface area contributed by atoms with Gasteiger partial charge in [0.25, 0.3) is 0 Å². The highest BCUT2D eigenvalue weighted by Crippen LogP contribution is 2.36. The highest BCUT2D eigenvalue weighted by atomic mass is 16.4. The van der Waals surface area contributed by atoms with Gasteiger partial charge in [-0.25, -0.2) is 0 Å². The Morgan fingerprint density at radius 1 is 1.32 bits per heavy atom. The van der Waals surface area contributed by atoms with E-state index >= 15 is 0 Å². The topological polar surface area (TPSA) is 92.4 Å². The molecule has 0 bridgehead atoms. The monoisotopic (exact) mass is 270 g/mol. The molecule has 0 aromatic carbocycles. The lowest BCUT2D eigenvalue weighted by Crippen LogP contribution is -2.48. The quantitative estimate of drug-likeness (QED) is 0.679. The molecule has 0 heterocycles. The minimum absolute atomic E-state index is 0.00755. The lowest BCUT2D eigenvalue weighted by Gasteiger charge is -2.33. The molecule has 1 aliphatic carbocycles. The molecule has 110 valence electrons. The number of aliphatic carboxylic acids is 1. The Bertz CT molecular complexity index is 329. The summed E-state index contributed by atoms with van der Waals surface area (Å²) in [6.07, 6.45) is 3.00. The predicted molar refractivity (Wildman–Crippen MR) is 73.5 cm³/mol. The summed E-state index contributed by atoms with van der Waals surface area (Å²) < 4.78 is 0. The van der Waals surface area contributed by atoms with Gasteiger partial charge >= 0.3 is 5.97 Å². The third-order valence-electron chi connectivity index (χ3n) is 4.40. The Balaban J connectivity index is 2.85. The largest absolute Gasteiger partial charge is 0.481 e. The van der Waals surface area contributed by atoms with Crippen LogP contribution in [0.1, 0.15) is 46.5 Å². The van der Waals surface area contributed by atoms with Gasteiger partial charge in [0.2, 0.25) is 5.91 Å². The number of hydrogen-bond donors (Lipinski definition) is 3. The van der Waals surface area contributed by atoms with Gasteiger partial charge in [-0.3, -0.25) is 9.59 Å². The highest BCUT2D eigenvalue weighted by molar-refractivity contribution is 5.73. The van der Waals surface area contributed by atoms with Gasteiger partial charge in [0.15, 0.2) is 0 Å². The molecule has 1 unspecified atom stereocenters. The van der Waals surface area contributed by atoms with E-state index in [0.29, 0.717) is 18.8 Å². The van der Waals surface area contributed by atoms with Crippen molar-refractivity contribution in [2.75, 3.05) is 0 Å².